The average Bonchev–Trinajstić information content (AvgIpc) is 3.18. The molecular weight excluding hydrogens is 489 g/mol. The Kier molecular flexibility index (Phi) is 7.39. The van der Waals surface area contributed by atoms with Crippen LogP contribution in [-0.2, 0) is 20.1 Å². The minimum absolute atomic E-state index is 0.180. The molecule has 3 heterocycles. The number of carbonyl (C=O) groups is 1. The Hall–Kier alpha value is -3.67. The first-order chi connectivity index (χ1) is 17.5. The van der Waals surface area contributed by atoms with Gasteiger partial charge in [0.05, 0.1) is 6.54 Å². The molecule has 0 saturated carbocycles. The lowest BCUT2D eigenvalue weighted by molar-refractivity contribution is -0.148. The van der Waals surface area contributed by atoms with E-state index in [0.29, 0.717) is 29.1 Å². The summed E-state index contributed by atoms with van der Waals surface area (Å²) >= 11 is 0. The summed E-state index contributed by atoms with van der Waals surface area (Å²) in [5.41, 5.74) is 1.15. The molecule has 2 aromatic heterocycles. The molecule has 0 aliphatic carbocycles. The zero-order chi connectivity index (χ0) is 26.9. The van der Waals surface area contributed by atoms with Gasteiger partial charge >= 0.3 is 11.9 Å². The van der Waals surface area contributed by atoms with Crippen LogP contribution in [0.25, 0.3) is 23.3 Å². The Labute approximate surface area is 211 Å². The van der Waals surface area contributed by atoms with Gasteiger partial charge in [0.15, 0.2) is 11.2 Å². The number of aromatic nitrogens is 4. The van der Waals surface area contributed by atoms with Crippen molar-refractivity contribution in [3.63, 3.8) is 0 Å². The van der Waals surface area contributed by atoms with Crippen LogP contribution in [0.5, 0.6) is 0 Å². The predicted octanol–water partition coefficient (Wildman–Crippen LogP) is 2.43. The van der Waals surface area contributed by atoms with Gasteiger partial charge in [-0.3, -0.25) is 23.6 Å². The molecule has 1 amide bonds. The van der Waals surface area contributed by atoms with Gasteiger partial charge in [0.2, 0.25) is 0 Å². The zero-order valence-corrected chi connectivity index (χ0v) is 21.0. The van der Waals surface area contributed by atoms with E-state index in [9.17, 15) is 27.6 Å². The number of aryl methyl sites for hydroxylation is 2. The number of carbonyl (C=O) groups excluding carboxylic acids is 1. The highest BCUT2D eigenvalue weighted by atomic mass is 19.4. The highest BCUT2D eigenvalue weighted by molar-refractivity contribution is 5.94. The summed E-state index contributed by atoms with van der Waals surface area (Å²) in [6.45, 7) is 4.08. The van der Waals surface area contributed by atoms with Gasteiger partial charge in [-0.1, -0.05) is 18.2 Å². The predicted molar refractivity (Wildman–Crippen MR) is 134 cm³/mol. The van der Waals surface area contributed by atoms with E-state index in [4.69, 9.17) is 0 Å². The topological polar surface area (TPSA) is 85.4 Å². The molecule has 3 aromatic rings. The fourth-order valence-electron chi connectivity index (χ4n) is 4.55. The lowest BCUT2D eigenvalue weighted by atomic mass is 10.1. The molecule has 4 rings (SSSR count). The number of nitrogens with zero attached hydrogens (tertiary/aromatic N) is 6. The SMILES string of the molecule is CCn1c(=O)c2c(nc(/C=C/c3ccc(C(=O)N4CCN(CC(F)(F)F)CC4)cc3)n2C)n(CC)c1=O. The Morgan fingerprint density at radius 3 is 2.16 bits per heavy atom. The van der Waals surface area contributed by atoms with Crippen LogP contribution in [0.3, 0.4) is 0 Å². The van der Waals surface area contributed by atoms with Crippen molar-refractivity contribution < 1.29 is 18.0 Å². The standard InChI is InChI=1S/C25H29F3N6O3/c1-4-33-21-20(23(36)34(5-2)24(33)37)30(3)19(29-21)11-8-17-6-9-18(10-7-17)22(35)32-14-12-31(13-15-32)16-25(26,27)28/h6-11H,4-5,12-16H2,1-3H3/b11-8+. The third-order valence-electron chi connectivity index (χ3n) is 6.55. The van der Waals surface area contributed by atoms with E-state index in [1.165, 1.54) is 14.0 Å². The van der Waals surface area contributed by atoms with Crippen molar-refractivity contribution in [2.45, 2.75) is 33.1 Å². The number of hydrogen-bond donors (Lipinski definition) is 0. The van der Waals surface area contributed by atoms with Crippen LogP contribution in [0, 0.1) is 0 Å². The maximum absolute atomic E-state index is 12.8. The van der Waals surface area contributed by atoms with Crippen molar-refractivity contribution in [3.05, 3.63) is 62.1 Å². The van der Waals surface area contributed by atoms with Gasteiger partial charge in [-0.15, -0.1) is 0 Å². The van der Waals surface area contributed by atoms with Gasteiger partial charge in [0.1, 0.15) is 5.82 Å². The number of piperazine rings is 1. The van der Waals surface area contributed by atoms with E-state index in [-0.39, 0.29) is 44.2 Å². The number of amides is 1. The number of benzene rings is 1. The second-order valence-corrected chi connectivity index (χ2v) is 8.92. The van der Waals surface area contributed by atoms with Crippen LogP contribution in [-0.4, -0.2) is 73.3 Å². The summed E-state index contributed by atoms with van der Waals surface area (Å²) in [5, 5.41) is 0. The molecule has 198 valence electrons. The summed E-state index contributed by atoms with van der Waals surface area (Å²) in [5.74, 6) is 0.279. The molecule has 1 aliphatic rings. The van der Waals surface area contributed by atoms with Crippen molar-refractivity contribution >= 4 is 29.2 Å². The summed E-state index contributed by atoms with van der Waals surface area (Å²) < 4.78 is 42.1. The minimum Gasteiger partial charge on any atom is -0.336 e. The first kappa shape index (κ1) is 26.4. The van der Waals surface area contributed by atoms with E-state index in [1.54, 1.807) is 59.9 Å². The Morgan fingerprint density at radius 2 is 1.59 bits per heavy atom. The summed E-state index contributed by atoms with van der Waals surface area (Å²) in [6.07, 6.45) is -0.725. The van der Waals surface area contributed by atoms with Gasteiger partial charge < -0.3 is 9.47 Å². The van der Waals surface area contributed by atoms with Crippen LogP contribution in [0.1, 0.15) is 35.6 Å². The molecule has 0 radical (unpaired) electrons. The lowest BCUT2D eigenvalue weighted by Crippen LogP contribution is -2.50. The second kappa shape index (κ2) is 10.4. The highest BCUT2D eigenvalue weighted by Crippen LogP contribution is 2.19. The van der Waals surface area contributed by atoms with E-state index < -0.39 is 18.4 Å². The van der Waals surface area contributed by atoms with Crippen molar-refractivity contribution in [2.75, 3.05) is 32.7 Å². The smallest absolute Gasteiger partial charge is 0.336 e. The van der Waals surface area contributed by atoms with Gasteiger partial charge in [-0.05, 0) is 37.6 Å². The summed E-state index contributed by atoms with van der Waals surface area (Å²) in [4.78, 5) is 45.6. The normalized spacial score (nSPS) is 15.2. The number of rotatable bonds is 6. The first-order valence-electron chi connectivity index (χ1n) is 12.1. The first-order valence-corrected chi connectivity index (χ1v) is 12.1. The Morgan fingerprint density at radius 1 is 0.973 bits per heavy atom. The molecule has 1 saturated heterocycles. The van der Waals surface area contributed by atoms with E-state index in [2.05, 4.69) is 4.98 Å². The third kappa shape index (κ3) is 5.38. The van der Waals surface area contributed by atoms with Crippen molar-refractivity contribution in [2.24, 2.45) is 7.05 Å². The van der Waals surface area contributed by atoms with Crippen LogP contribution in [0.4, 0.5) is 13.2 Å². The van der Waals surface area contributed by atoms with E-state index in [0.717, 1.165) is 5.56 Å². The van der Waals surface area contributed by atoms with Crippen LogP contribution in [0.2, 0.25) is 0 Å². The molecule has 1 fully saturated rings. The molecule has 0 N–H and O–H groups in total. The van der Waals surface area contributed by atoms with Crippen LogP contribution in [0.15, 0.2) is 33.9 Å². The van der Waals surface area contributed by atoms with Gasteiger partial charge in [-0.2, -0.15) is 13.2 Å². The average molecular weight is 519 g/mol. The van der Waals surface area contributed by atoms with Crippen molar-refractivity contribution in [3.8, 4) is 0 Å². The molecule has 0 unspecified atom stereocenters. The molecule has 0 atom stereocenters. The molecule has 9 nitrogen and oxygen atoms in total. The Bertz CT molecular complexity index is 1440. The molecule has 0 spiro atoms. The summed E-state index contributed by atoms with van der Waals surface area (Å²) in [7, 11) is 1.72. The largest absolute Gasteiger partial charge is 0.401 e. The molecule has 37 heavy (non-hydrogen) atoms. The molecule has 12 heteroatoms. The number of hydrogen-bond acceptors (Lipinski definition) is 5. The maximum Gasteiger partial charge on any atom is 0.401 e. The fourth-order valence-corrected chi connectivity index (χ4v) is 4.55. The zero-order valence-electron chi connectivity index (χ0n) is 21.0. The number of alkyl halides is 3. The fraction of sp³-hybridized carbons (Fsp3) is 0.440. The van der Waals surface area contributed by atoms with E-state index in [1.807, 2.05) is 6.92 Å². The molecule has 1 aliphatic heterocycles. The van der Waals surface area contributed by atoms with Crippen LogP contribution >= 0.6 is 0 Å². The lowest BCUT2D eigenvalue weighted by Gasteiger charge is -2.35. The third-order valence-corrected chi connectivity index (χ3v) is 6.55. The van der Waals surface area contributed by atoms with Crippen molar-refractivity contribution in [1.82, 2.24) is 28.5 Å². The van der Waals surface area contributed by atoms with Gasteiger partial charge in [0, 0.05) is 51.9 Å². The summed E-state index contributed by atoms with van der Waals surface area (Å²) in [6, 6.07) is 6.87. The van der Waals surface area contributed by atoms with E-state index >= 15 is 0 Å². The Balaban J connectivity index is 1.50. The molecule has 0 bridgehead atoms. The van der Waals surface area contributed by atoms with Crippen molar-refractivity contribution in [1.29, 1.82) is 0 Å². The number of halogens is 3. The molecular formula is C25H29F3N6O3. The maximum atomic E-state index is 12.8. The van der Waals surface area contributed by atoms with Gasteiger partial charge in [0.25, 0.3) is 11.5 Å². The minimum atomic E-state index is -4.25. The van der Waals surface area contributed by atoms with Crippen LogP contribution < -0.4 is 11.2 Å². The second-order valence-electron chi connectivity index (χ2n) is 8.92. The quantitative estimate of drug-likeness (QED) is 0.501. The highest BCUT2D eigenvalue weighted by Gasteiger charge is 2.33. The monoisotopic (exact) mass is 518 g/mol. The van der Waals surface area contributed by atoms with Gasteiger partial charge in [-0.25, -0.2) is 9.78 Å². The number of fused-ring (bicyclic) bond motifs is 1. The molecule has 1 aromatic carbocycles. The number of imidazole rings is 1.